The largest absolute Gasteiger partial charge is 0.455 e. The summed E-state index contributed by atoms with van der Waals surface area (Å²) in [5.41, 5.74) is 15.5. The standard InChI is InChI=1S/C53H31N5OS/c1-2-10-36(11-3-1)53-55-46(34-24-22-33(23-25-34)39-16-9-17-41-40-14-5-7-19-48(40)59-52(39)41)31-47(56-53)38-13-8-12-37(30-38)32-20-26-35(27-21-32)50-43-28-29-45-51(58-60-57-45)49(43)42-15-4-6-18-44(42)54-50/h1-31H. The molecule has 0 bridgehead atoms. The van der Waals surface area contributed by atoms with Crippen LogP contribution in [0.4, 0.5) is 0 Å². The molecule has 0 aliphatic carbocycles. The molecule has 4 aromatic heterocycles. The van der Waals surface area contributed by atoms with Crippen molar-refractivity contribution in [1.29, 1.82) is 0 Å². The van der Waals surface area contributed by atoms with Crippen molar-refractivity contribution in [3.05, 3.63) is 188 Å². The fraction of sp³-hybridized carbons (Fsp3) is 0. The van der Waals surface area contributed by atoms with Crippen LogP contribution in [0.1, 0.15) is 0 Å². The summed E-state index contributed by atoms with van der Waals surface area (Å²) in [5, 5.41) is 5.48. The highest BCUT2D eigenvalue weighted by molar-refractivity contribution is 7.00. The van der Waals surface area contributed by atoms with E-state index in [1.807, 2.05) is 42.5 Å². The third kappa shape index (κ3) is 5.74. The third-order valence-electron chi connectivity index (χ3n) is 11.4. The van der Waals surface area contributed by atoms with Gasteiger partial charge in [0.1, 0.15) is 22.2 Å². The lowest BCUT2D eigenvalue weighted by molar-refractivity contribution is 0.670. The topological polar surface area (TPSA) is 77.6 Å². The molecule has 0 saturated carbocycles. The van der Waals surface area contributed by atoms with Crippen molar-refractivity contribution in [1.82, 2.24) is 23.7 Å². The Kier molecular flexibility index (Phi) is 7.92. The van der Waals surface area contributed by atoms with E-state index in [2.05, 4.69) is 154 Å². The van der Waals surface area contributed by atoms with Crippen LogP contribution in [0.5, 0.6) is 0 Å². The second-order valence-corrected chi connectivity index (χ2v) is 15.5. The van der Waals surface area contributed by atoms with Crippen molar-refractivity contribution in [2.45, 2.75) is 0 Å². The normalized spacial score (nSPS) is 11.7. The van der Waals surface area contributed by atoms with Gasteiger partial charge in [0.25, 0.3) is 0 Å². The Hall–Kier alpha value is -7.87. The predicted octanol–water partition coefficient (Wildman–Crippen LogP) is 14.1. The summed E-state index contributed by atoms with van der Waals surface area (Å²) in [6.45, 7) is 0. The van der Waals surface area contributed by atoms with Crippen molar-refractivity contribution in [2.24, 2.45) is 0 Å². The van der Waals surface area contributed by atoms with Gasteiger partial charge in [-0.25, -0.2) is 15.0 Å². The van der Waals surface area contributed by atoms with E-state index in [4.69, 9.17) is 19.4 Å². The lowest BCUT2D eigenvalue weighted by Gasteiger charge is -2.12. The van der Waals surface area contributed by atoms with Gasteiger partial charge < -0.3 is 4.42 Å². The number of para-hydroxylation sites is 3. The van der Waals surface area contributed by atoms with Crippen LogP contribution in [0.2, 0.25) is 0 Å². The van der Waals surface area contributed by atoms with E-state index in [-0.39, 0.29) is 0 Å². The minimum Gasteiger partial charge on any atom is -0.455 e. The minimum absolute atomic E-state index is 0.676. The monoisotopic (exact) mass is 785 g/mol. The molecule has 6 nitrogen and oxygen atoms in total. The summed E-state index contributed by atoms with van der Waals surface area (Å²) in [5.74, 6) is 0.676. The second kappa shape index (κ2) is 13.9. The molecule has 7 heteroatoms. The molecule has 0 spiro atoms. The van der Waals surface area contributed by atoms with Gasteiger partial charge in [-0.05, 0) is 53.1 Å². The van der Waals surface area contributed by atoms with Crippen molar-refractivity contribution >= 4 is 66.4 Å². The van der Waals surface area contributed by atoms with Gasteiger partial charge in [0.2, 0.25) is 0 Å². The highest BCUT2D eigenvalue weighted by Gasteiger charge is 2.17. The predicted molar refractivity (Wildman–Crippen MR) is 246 cm³/mol. The molecule has 0 N–H and O–H groups in total. The van der Waals surface area contributed by atoms with Gasteiger partial charge in [-0.3, -0.25) is 0 Å². The van der Waals surface area contributed by atoms with Crippen LogP contribution in [0.15, 0.2) is 192 Å². The molecule has 0 unspecified atom stereocenters. The fourth-order valence-electron chi connectivity index (χ4n) is 8.44. The highest BCUT2D eigenvalue weighted by atomic mass is 32.1. The summed E-state index contributed by atoms with van der Waals surface area (Å²) in [4.78, 5) is 15.4. The molecular formula is C53H31N5OS. The number of rotatable bonds is 6. The van der Waals surface area contributed by atoms with Gasteiger partial charge in [-0.2, -0.15) is 8.75 Å². The molecule has 8 aromatic carbocycles. The Labute approximate surface area is 348 Å². The molecule has 0 saturated heterocycles. The Morgan fingerprint density at radius 1 is 0.383 bits per heavy atom. The minimum atomic E-state index is 0.676. The summed E-state index contributed by atoms with van der Waals surface area (Å²) < 4.78 is 15.6. The van der Waals surface area contributed by atoms with E-state index in [0.29, 0.717) is 5.82 Å². The van der Waals surface area contributed by atoms with Crippen molar-refractivity contribution in [3.8, 4) is 67.4 Å². The Morgan fingerprint density at radius 3 is 1.92 bits per heavy atom. The number of hydrogen-bond donors (Lipinski definition) is 0. The summed E-state index contributed by atoms with van der Waals surface area (Å²) in [7, 11) is 0. The molecule has 12 aromatic rings. The van der Waals surface area contributed by atoms with Crippen molar-refractivity contribution in [3.63, 3.8) is 0 Å². The van der Waals surface area contributed by atoms with Crippen LogP contribution >= 0.6 is 11.7 Å². The molecule has 0 atom stereocenters. The molecule has 0 radical (unpaired) electrons. The van der Waals surface area contributed by atoms with E-state index < -0.39 is 0 Å². The third-order valence-corrected chi connectivity index (χ3v) is 11.9. The van der Waals surface area contributed by atoms with Crippen molar-refractivity contribution in [2.75, 3.05) is 0 Å². The molecule has 60 heavy (non-hydrogen) atoms. The molecule has 12 rings (SSSR count). The van der Waals surface area contributed by atoms with Gasteiger partial charge in [0.05, 0.1) is 34.3 Å². The molecule has 4 heterocycles. The van der Waals surface area contributed by atoms with Crippen LogP contribution in [-0.2, 0) is 0 Å². The molecular weight excluding hydrogens is 755 g/mol. The Morgan fingerprint density at radius 2 is 1.05 bits per heavy atom. The molecule has 0 fully saturated rings. The van der Waals surface area contributed by atoms with Gasteiger partial charge in [-0.15, -0.1) is 0 Å². The SMILES string of the molecule is c1ccc(-c2nc(-c3ccc(-c4cccc5c4oc4ccccc45)cc3)cc(-c3cccc(-c4ccc(-c5nc6ccccc6c6c5ccc5nsnc56)cc4)c3)n2)cc1. The lowest BCUT2D eigenvalue weighted by atomic mass is 9.96. The average Bonchev–Trinajstić information content (AvgIpc) is 3.97. The van der Waals surface area contributed by atoms with Gasteiger partial charge >= 0.3 is 0 Å². The highest BCUT2D eigenvalue weighted by Crippen LogP contribution is 2.39. The maximum absolute atomic E-state index is 6.36. The number of benzene rings is 8. The maximum atomic E-state index is 6.36. The zero-order chi connectivity index (χ0) is 39.6. The van der Waals surface area contributed by atoms with Crippen LogP contribution in [0, 0.1) is 0 Å². The zero-order valence-corrected chi connectivity index (χ0v) is 32.8. The van der Waals surface area contributed by atoms with E-state index in [9.17, 15) is 0 Å². The Balaban J connectivity index is 0.911. The zero-order valence-electron chi connectivity index (χ0n) is 32.0. The Bertz CT molecular complexity index is 3600. The van der Waals surface area contributed by atoms with Crippen LogP contribution in [0.3, 0.4) is 0 Å². The number of hydrogen-bond acceptors (Lipinski definition) is 7. The first-order valence-electron chi connectivity index (χ1n) is 19.8. The van der Waals surface area contributed by atoms with E-state index in [0.717, 1.165) is 116 Å². The average molecular weight is 786 g/mol. The van der Waals surface area contributed by atoms with E-state index >= 15 is 0 Å². The first-order chi connectivity index (χ1) is 29.7. The van der Waals surface area contributed by atoms with E-state index in [1.165, 1.54) is 11.7 Å². The molecule has 0 amide bonds. The number of pyridine rings is 1. The van der Waals surface area contributed by atoms with Gasteiger partial charge in [-0.1, -0.05) is 152 Å². The maximum Gasteiger partial charge on any atom is 0.160 e. The van der Waals surface area contributed by atoms with Gasteiger partial charge in [0.15, 0.2) is 5.82 Å². The number of aromatic nitrogens is 5. The summed E-state index contributed by atoms with van der Waals surface area (Å²) in [6.07, 6.45) is 0. The number of nitrogens with zero attached hydrogens (tertiary/aromatic N) is 5. The first kappa shape index (κ1) is 34.2. The summed E-state index contributed by atoms with van der Waals surface area (Å²) >= 11 is 1.25. The first-order valence-corrected chi connectivity index (χ1v) is 20.6. The molecule has 0 aliphatic rings. The van der Waals surface area contributed by atoms with Crippen LogP contribution in [0.25, 0.3) is 122 Å². The lowest BCUT2D eigenvalue weighted by Crippen LogP contribution is -1.96. The fourth-order valence-corrected chi connectivity index (χ4v) is 8.98. The van der Waals surface area contributed by atoms with E-state index in [1.54, 1.807) is 0 Å². The molecule has 280 valence electrons. The molecule has 0 aliphatic heterocycles. The van der Waals surface area contributed by atoms with Crippen LogP contribution in [-0.4, -0.2) is 23.7 Å². The van der Waals surface area contributed by atoms with Crippen LogP contribution < -0.4 is 0 Å². The summed E-state index contributed by atoms with van der Waals surface area (Å²) in [6, 6.07) is 65.1. The van der Waals surface area contributed by atoms with Gasteiger partial charge in [0, 0.05) is 54.7 Å². The second-order valence-electron chi connectivity index (χ2n) is 14.9. The quantitative estimate of drug-likeness (QED) is 0.156. The smallest absolute Gasteiger partial charge is 0.160 e. The number of furan rings is 1. The number of fused-ring (bicyclic) bond motifs is 8. The van der Waals surface area contributed by atoms with Crippen molar-refractivity contribution < 1.29 is 4.42 Å².